The summed E-state index contributed by atoms with van der Waals surface area (Å²) < 4.78 is 0. The van der Waals surface area contributed by atoms with Crippen molar-refractivity contribution in [2.24, 2.45) is 0 Å². The standard InChI is InChI=1S/C20H24N4O2/c1-3-23-10-12-24(13-11-23)20(26)18-9-5-8-17(22-18)19(25)21-16-7-4-6-15(2)14-16/h4-9,14H,3,10-13H2,1-2H3,(H,21,25). The monoisotopic (exact) mass is 352 g/mol. The Morgan fingerprint density at radius 3 is 2.42 bits per heavy atom. The first-order chi connectivity index (χ1) is 12.6. The van der Waals surface area contributed by atoms with Crippen LogP contribution >= 0.6 is 0 Å². The van der Waals surface area contributed by atoms with E-state index in [-0.39, 0.29) is 17.5 Å². The third-order valence-corrected chi connectivity index (χ3v) is 4.58. The normalized spacial score (nSPS) is 14.9. The molecular formula is C20H24N4O2. The van der Waals surface area contributed by atoms with Crippen LogP contribution < -0.4 is 5.32 Å². The van der Waals surface area contributed by atoms with E-state index < -0.39 is 0 Å². The molecule has 136 valence electrons. The summed E-state index contributed by atoms with van der Waals surface area (Å²) in [5.41, 5.74) is 2.33. The molecule has 1 saturated heterocycles. The Morgan fingerprint density at radius 1 is 1.04 bits per heavy atom. The fraction of sp³-hybridized carbons (Fsp3) is 0.350. The van der Waals surface area contributed by atoms with E-state index in [2.05, 4.69) is 22.1 Å². The maximum absolute atomic E-state index is 12.7. The molecule has 2 amide bonds. The molecule has 2 heterocycles. The summed E-state index contributed by atoms with van der Waals surface area (Å²) in [4.78, 5) is 33.5. The predicted octanol–water partition coefficient (Wildman–Crippen LogP) is 2.42. The van der Waals surface area contributed by atoms with E-state index in [9.17, 15) is 9.59 Å². The molecule has 1 fully saturated rings. The van der Waals surface area contributed by atoms with Crippen LogP contribution in [0.25, 0.3) is 0 Å². The molecule has 1 aliphatic rings. The molecule has 0 unspecified atom stereocenters. The van der Waals surface area contributed by atoms with Gasteiger partial charge in [0.2, 0.25) is 0 Å². The number of carbonyl (C=O) groups is 2. The van der Waals surface area contributed by atoms with Crippen LogP contribution in [0, 0.1) is 6.92 Å². The number of rotatable bonds is 4. The molecule has 6 nitrogen and oxygen atoms in total. The molecule has 0 spiro atoms. The lowest BCUT2D eigenvalue weighted by Gasteiger charge is -2.33. The number of hydrogen-bond acceptors (Lipinski definition) is 4. The van der Waals surface area contributed by atoms with Gasteiger partial charge >= 0.3 is 0 Å². The molecule has 26 heavy (non-hydrogen) atoms. The van der Waals surface area contributed by atoms with E-state index >= 15 is 0 Å². The lowest BCUT2D eigenvalue weighted by Crippen LogP contribution is -2.48. The molecule has 1 aromatic heterocycles. The summed E-state index contributed by atoms with van der Waals surface area (Å²) in [5.74, 6) is -0.438. The molecular weight excluding hydrogens is 328 g/mol. The number of nitrogens with one attached hydrogen (secondary N) is 1. The summed E-state index contributed by atoms with van der Waals surface area (Å²) in [6, 6.07) is 12.6. The van der Waals surface area contributed by atoms with Gasteiger partial charge in [0, 0.05) is 31.9 Å². The SMILES string of the molecule is CCN1CCN(C(=O)c2cccc(C(=O)Nc3cccc(C)c3)n2)CC1. The largest absolute Gasteiger partial charge is 0.335 e. The van der Waals surface area contributed by atoms with Gasteiger partial charge in [-0.05, 0) is 43.3 Å². The number of benzene rings is 1. The minimum absolute atomic E-state index is 0.119. The maximum atomic E-state index is 12.7. The number of pyridine rings is 1. The van der Waals surface area contributed by atoms with Gasteiger partial charge in [0.15, 0.2) is 0 Å². The minimum Gasteiger partial charge on any atom is -0.335 e. The topological polar surface area (TPSA) is 65.5 Å². The lowest BCUT2D eigenvalue weighted by atomic mass is 10.2. The van der Waals surface area contributed by atoms with E-state index in [1.807, 2.05) is 31.2 Å². The van der Waals surface area contributed by atoms with Crippen molar-refractivity contribution in [1.82, 2.24) is 14.8 Å². The van der Waals surface area contributed by atoms with Crippen LogP contribution in [0.15, 0.2) is 42.5 Å². The van der Waals surface area contributed by atoms with Crippen molar-refractivity contribution in [2.45, 2.75) is 13.8 Å². The Bertz CT molecular complexity index is 798. The average Bonchev–Trinajstić information content (AvgIpc) is 2.67. The van der Waals surface area contributed by atoms with E-state index in [1.54, 1.807) is 23.1 Å². The smallest absolute Gasteiger partial charge is 0.274 e. The molecule has 1 N–H and O–H groups in total. The number of hydrogen-bond donors (Lipinski definition) is 1. The van der Waals surface area contributed by atoms with Gasteiger partial charge in [-0.25, -0.2) is 4.98 Å². The number of piperazine rings is 1. The third-order valence-electron chi connectivity index (χ3n) is 4.58. The summed E-state index contributed by atoms with van der Waals surface area (Å²) in [7, 11) is 0. The second-order valence-corrected chi connectivity index (χ2v) is 6.46. The minimum atomic E-state index is -0.318. The van der Waals surface area contributed by atoms with Crippen LogP contribution in [0.1, 0.15) is 33.5 Å². The summed E-state index contributed by atoms with van der Waals surface area (Å²) in [6.07, 6.45) is 0. The van der Waals surface area contributed by atoms with Gasteiger partial charge in [-0.2, -0.15) is 0 Å². The van der Waals surface area contributed by atoms with Crippen LogP contribution in [-0.4, -0.2) is 59.3 Å². The molecule has 0 atom stereocenters. The van der Waals surface area contributed by atoms with Crippen LogP contribution in [-0.2, 0) is 0 Å². The van der Waals surface area contributed by atoms with Crippen LogP contribution in [0.3, 0.4) is 0 Å². The number of amides is 2. The summed E-state index contributed by atoms with van der Waals surface area (Å²) in [5, 5.41) is 2.83. The van der Waals surface area contributed by atoms with Crippen molar-refractivity contribution in [3.05, 3.63) is 59.4 Å². The molecule has 0 bridgehead atoms. The number of likely N-dealkylation sites (N-methyl/N-ethyl adjacent to an activating group) is 1. The van der Waals surface area contributed by atoms with Crippen molar-refractivity contribution in [3.8, 4) is 0 Å². The summed E-state index contributed by atoms with van der Waals surface area (Å²) in [6.45, 7) is 8.20. The van der Waals surface area contributed by atoms with Crippen molar-refractivity contribution >= 4 is 17.5 Å². The fourth-order valence-corrected chi connectivity index (χ4v) is 3.03. The Hall–Kier alpha value is -2.73. The number of aromatic nitrogens is 1. The Labute approximate surface area is 153 Å². The van der Waals surface area contributed by atoms with Gasteiger partial charge in [-0.15, -0.1) is 0 Å². The Balaban J connectivity index is 1.69. The molecule has 0 radical (unpaired) electrons. The summed E-state index contributed by atoms with van der Waals surface area (Å²) >= 11 is 0. The quantitative estimate of drug-likeness (QED) is 0.918. The van der Waals surface area contributed by atoms with Crippen molar-refractivity contribution in [2.75, 3.05) is 38.0 Å². The zero-order valence-corrected chi connectivity index (χ0v) is 15.2. The van der Waals surface area contributed by atoms with Crippen LogP contribution in [0.5, 0.6) is 0 Å². The highest BCUT2D eigenvalue weighted by Crippen LogP contribution is 2.12. The number of nitrogens with zero attached hydrogens (tertiary/aromatic N) is 3. The fourth-order valence-electron chi connectivity index (χ4n) is 3.03. The van der Waals surface area contributed by atoms with Crippen molar-refractivity contribution in [3.63, 3.8) is 0 Å². The number of anilines is 1. The molecule has 0 aliphatic carbocycles. The van der Waals surface area contributed by atoms with E-state index in [0.29, 0.717) is 24.5 Å². The highest BCUT2D eigenvalue weighted by atomic mass is 16.2. The van der Waals surface area contributed by atoms with E-state index in [0.717, 1.165) is 25.2 Å². The number of aryl methyl sites for hydroxylation is 1. The van der Waals surface area contributed by atoms with Gasteiger partial charge < -0.3 is 15.1 Å². The van der Waals surface area contributed by atoms with Gasteiger partial charge in [-0.1, -0.05) is 25.1 Å². The maximum Gasteiger partial charge on any atom is 0.274 e. The predicted molar refractivity (Wildman–Crippen MR) is 101 cm³/mol. The zero-order chi connectivity index (χ0) is 18.5. The van der Waals surface area contributed by atoms with Gasteiger partial charge in [0.05, 0.1) is 0 Å². The number of carbonyl (C=O) groups excluding carboxylic acids is 2. The highest BCUT2D eigenvalue weighted by Gasteiger charge is 2.23. The first-order valence-corrected chi connectivity index (χ1v) is 8.93. The highest BCUT2D eigenvalue weighted by molar-refractivity contribution is 6.03. The zero-order valence-electron chi connectivity index (χ0n) is 15.2. The third kappa shape index (κ3) is 4.26. The van der Waals surface area contributed by atoms with Crippen LogP contribution in [0.2, 0.25) is 0 Å². The van der Waals surface area contributed by atoms with Crippen LogP contribution in [0.4, 0.5) is 5.69 Å². The molecule has 1 aromatic carbocycles. The van der Waals surface area contributed by atoms with Gasteiger partial charge in [-0.3, -0.25) is 9.59 Å². The Kier molecular flexibility index (Phi) is 5.63. The average molecular weight is 352 g/mol. The first kappa shape index (κ1) is 18.1. The molecule has 2 aromatic rings. The molecule has 6 heteroatoms. The first-order valence-electron chi connectivity index (χ1n) is 8.93. The lowest BCUT2D eigenvalue weighted by molar-refractivity contribution is 0.0637. The van der Waals surface area contributed by atoms with E-state index in [1.165, 1.54) is 0 Å². The molecule has 1 aliphatic heterocycles. The molecule has 3 rings (SSSR count). The second kappa shape index (κ2) is 8.10. The van der Waals surface area contributed by atoms with Crippen molar-refractivity contribution < 1.29 is 9.59 Å². The van der Waals surface area contributed by atoms with Crippen molar-refractivity contribution in [1.29, 1.82) is 0 Å². The van der Waals surface area contributed by atoms with E-state index in [4.69, 9.17) is 0 Å². The molecule has 0 saturated carbocycles. The van der Waals surface area contributed by atoms with Gasteiger partial charge in [0.25, 0.3) is 11.8 Å². The second-order valence-electron chi connectivity index (χ2n) is 6.46. The Morgan fingerprint density at radius 2 is 1.73 bits per heavy atom. The van der Waals surface area contributed by atoms with Gasteiger partial charge in [0.1, 0.15) is 11.4 Å².